The van der Waals surface area contributed by atoms with E-state index < -0.39 is 34.5 Å². The quantitative estimate of drug-likeness (QED) is 0.556. The van der Waals surface area contributed by atoms with Gasteiger partial charge < -0.3 is 15.4 Å². The summed E-state index contributed by atoms with van der Waals surface area (Å²) in [4.78, 5) is 34.7. The minimum absolute atomic E-state index is 0.0897. The van der Waals surface area contributed by atoms with Crippen molar-refractivity contribution in [3.8, 4) is 0 Å². The Labute approximate surface area is 168 Å². The van der Waals surface area contributed by atoms with Crippen LogP contribution in [0.4, 0.5) is 11.4 Å². The van der Waals surface area contributed by atoms with Crippen molar-refractivity contribution in [2.75, 3.05) is 17.2 Å². The first-order chi connectivity index (χ1) is 13.7. The second kappa shape index (κ2) is 9.80. The minimum Gasteiger partial charge on any atom is -0.454 e. The Morgan fingerprint density at radius 1 is 0.931 bits per heavy atom. The summed E-state index contributed by atoms with van der Waals surface area (Å²) in [6, 6.07) is 12.8. The van der Waals surface area contributed by atoms with E-state index in [0.29, 0.717) is 11.4 Å². The third-order valence-electron chi connectivity index (χ3n) is 3.57. The molecule has 0 aliphatic rings. The Bertz CT molecular complexity index is 975. The SMILES string of the molecule is CC(=O)Nc1ccc(S(=O)(=O)N[C@@H](C)C(=O)OCC(=O)Nc2ccccc2)cc1. The lowest BCUT2D eigenvalue weighted by Crippen LogP contribution is -2.40. The summed E-state index contributed by atoms with van der Waals surface area (Å²) in [5, 5.41) is 5.07. The van der Waals surface area contributed by atoms with E-state index in [1.165, 1.54) is 38.1 Å². The van der Waals surface area contributed by atoms with Gasteiger partial charge in [-0.05, 0) is 43.3 Å². The van der Waals surface area contributed by atoms with E-state index in [4.69, 9.17) is 4.74 Å². The molecule has 0 spiro atoms. The number of ether oxygens (including phenoxy) is 1. The second-order valence-corrected chi connectivity index (χ2v) is 7.78. The van der Waals surface area contributed by atoms with Gasteiger partial charge in [-0.15, -0.1) is 0 Å². The molecule has 2 rings (SSSR count). The highest BCUT2D eigenvalue weighted by molar-refractivity contribution is 7.89. The first-order valence-electron chi connectivity index (χ1n) is 8.59. The van der Waals surface area contributed by atoms with Gasteiger partial charge >= 0.3 is 5.97 Å². The van der Waals surface area contributed by atoms with Crippen molar-refractivity contribution in [1.82, 2.24) is 4.72 Å². The van der Waals surface area contributed by atoms with E-state index in [1.54, 1.807) is 30.3 Å². The number of hydrogen-bond donors (Lipinski definition) is 3. The predicted molar refractivity (Wildman–Crippen MR) is 107 cm³/mol. The molecule has 0 aliphatic heterocycles. The Morgan fingerprint density at radius 2 is 1.52 bits per heavy atom. The standard InChI is InChI=1S/C19H21N3O6S/c1-13(19(25)28-12-18(24)21-15-6-4-3-5-7-15)22-29(26,27)17-10-8-16(9-11-17)20-14(2)23/h3-11,13,22H,12H2,1-2H3,(H,20,23)(H,21,24)/t13-/m0/s1. The lowest BCUT2D eigenvalue weighted by Gasteiger charge is -2.14. The second-order valence-electron chi connectivity index (χ2n) is 6.07. The summed E-state index contributed by atoms with van der Waals surface area (Å²) in [6.07, 6.45) is 0. The fourth-order valence-corrected chi connectivity index (χ4v) is 3.44. The van der Waals surface area contributed by atoms with Crippen LogP contribution in [-0.2, 0) is 29.1 Å². The molecule has 0 aromatic heterocycles. The Balaban J connectivity index is 1.88. The molecule has 0 heterocycles. The number of rotatable bonds is 8. The van der Waals surface area contributed by atoms with Crippen LogP contribution < -0.4 is 15.4 Å². The molecule has 0 bridgehead atoms. The molecule has 2 aromatic carbocycles. The number of sulfonamides is 1. The molecule has 9 nitrogen and oxygen atoms in total. The van der Waals surface area contributed by atoms with Crippen LogP contribution in [0.15, 0.2) is 59.5 Å². The van der Waals surface area contributed by atoms with Gasteiger partial charge in [-0.25, -0.2) is 8.42 Å². The molecule has 3 N–H and O–H groups in total. The molecule has 10 heteroatoms. The highest BCUT2D eigenvalue weighted by Gasteiger charge is 2.23. The van der Waals surface area contributed by atoms with Crippen LogP contribution in [-0.4, -0.2) is 38.9 Å². The molecule has 2 aromatic rings. The maximum Gasteiger partial charge on any atom is 0.324 e. The number of nitrogens with one attached hydrogen (secondary N) is 3. The van der Waals surface area contributed by atoms with Crippen molar-refractivity contribution in [1.29, 1.82) is 0 Å². The van der Waals surface area contributed by atoms with Crippen LogP contribution in [0.25, 0.3) is 0 Å². The number of hydrogen-bond acceptors (Lipinski definition) is 6. The molecule has 0 unspecified atom stereocenters. The fraction of sp³-hybridized carbons (Fsp3) is 0.211. The zero-order chi connectivity index (χ0) is 21.4. The maximum atomic E-state index is 12.4. The first-order valence-corrected chi connectivity index (χ1v) is 10.1. The number of para-hydroxylation sites is 1. The van der Waals surface area contributed by atoms with Crippen molar-refractivity contribution in [3.05, 3.63) is 54.6 Å². The van der Waals surface area contributed by atoms with Crippen molar-refractivity contribution in [2.24, 2.45) is 0 Å². The van der Waals surface area contributed by atoms with Crippen LogP contribution in [0.5, 0.6) is 0 Å². The average Bonchev–Trinajstić information content (AvgIpc) is 2.66. The molecule has 0 saturated carbocycles. The van der Waals surface area contributed by atoms with Crippen molar-refractivity contribution < 1.29 is 27.5 Å². The normalized spacial score (nSPS) is 11.9. The van der Waals surface area contributed by atoms with Crippen molar-refractivity contribution in [2.45, 2.75) is 24.8 Å². The lowest BCUT2D eigenvalue weighted by atomic mass is 10.3. The monoisotopic (exact) mass is 419 g/mol. The zero-order valence-corrected chi connectivity index (χ0v) is 16.7. The number of amides is 2. The molecule has 2 amide bonds. The van der Waals surface area contributed by atoms with Gasteiger partial charge in [0.05, 0.1) is 4.90 Å². The van der Waals surface area contributed by atoms with Crippen LogP contribution in [0, 0.1) is 0 Å². The number of carbonyl (C=O) groups is 3. The molecule has 0 saturated heterocycles. The number of carbonyl (C=O) groups excluding carboxylic acids is 3. The molecule has 154 valence electrons. The smallest absolute Gasteiger partial charge is 0.324 e. The topological polar surface area (TPSA) is 131 Å². The fourth-order valence-electron chi connectivity index (χ4n) is 2.25. The number of esters is 1. The Morgan fingerprint density at radius 3 is 2.10 bits per heavy atom. The van der Waals surface area contributed by atoms with E-state index in [2.05, 4.69) is 15.4 Å². The summed E-state index contributed by atoms with van der Waals surface area (Å²) in [7, 11) is -4.00. The van der Waals surface area contributed by atoms with Crippen LogP contribution in [0.2, 0.25) is 0 Å². The molecule has 0 fully saturated rings. The van der Waals surface area contributed by atoms with Gasteiger partial charge in [-0.3, -0.25) is 14.4 Å². The maximum absolute atomic E-state index is 12.4. The molecular formula is C19H21N3O6S. The number of benzene rings is 2. The molecule has 0 aliphatic carbocycles. The summed E-state index contributed by atoms with van der Waals surface area (Å²) in [6.45, 7) is 2.09. The van der Waals surface area contributed by atoms with Gasteiger partial charge in [0, 0.05) is 18.3 Å². The van der Waals surface area contributed by atoms with Crippen molar-refractivity contribution in [3.63, 3.8) is 0 Å². The predicted octanol–water partition coefficient (Wildman–Crippen LogP) is 1.49. The molecule has 29 heavy (non-hydrogen) atoms. The summed E-state index contributed by atoms with van der Waals surface area (Å²) in [5.41, 5.74) is 0.985. The number of anilines is 2. The van der Waals surface area contributed by atoms with E-state index in [1.807, 2.05) is 0 Å². The van der Waals surface area contributed by atoms with E-state index in [0.717, 1.165) is 0 Å². The minimum atomic E-state index is -4.00. The van der Waals surface area contributed by atoms with Gasteiger partial charge in [0.25, 0.3) is 5.91 Å². The Hall–Kier alpha value is -3.24. The Kier molecular flexibility index (Phi) is 7.46. The summed E-state index contributed by atoms with van der Waals surface area (Å²) in [5.74, 6) is -1.73. The van der Waals surface area contributed by atoms with Crippen molar-refractivity contribution >= 4 is 39.2 Å². The molecule has 0 radical (unpaired) electrons. The largest absolute Gasteiger partial charge is 0.454 e. The lowest BCUT2D eigenvalue weighted by molar-refractivity contribution is -0.148. The van der Waals surface area contributed by atoms with E-state index in [-0.39, 0.29) is 10.8 Å². The third kappa shape index (κ3) is 7.01. The zero-order valence-electron chi connectivity index (χ0n) is 15.8. The highest BCUT2D eigenvalue weighted by atomic mass is 32.2. The molecule has 1 atom stereocenters. The van der Waals surface area contributed by atoms with Gasteiger partial charge in [0.15, 0.2) is 6.61 Å². The van der Waals surface area contributed by atoms with Crippen LogP contribution in [0.1, 0.15) is 13.8 Å². The van der Waals surface area contributed by atoms with Gasteiger partial charge in [0.1, 0.15) is 6.04 Å². The van der Waals surface area contributed by atoms with E-state index in [9.17, 15) is 22.8 Å². The average molecular weight is 419 g/mol. The molecular weight excluding hydrogens is 398 g/mol. The van der Waals surface area contributed by atoms with Gasteiger partial charge in [0.2, 0.25) is 15.9 Å². The third-order valence-corrected chi connectivity index (χ3v) is 5.13. The van der Waals surface area contributed by atoms with Crippen LogP contribution >= 0.6 is 0 Å². The first kappa shape index (κ1) is 22.1. The van der Waals surface area contributed by atoms with E-state index >= 15 is 0 Å². The highest BCUT2D eigenvalue weighted by Crippen LogP contribution is 2.14. The van der Waals surface area contributed by atoms with Gasteiger partial charge in [-0.1, -0.05) is 18.2 Å². The summed E-state index contributed by atoms with van der Waals surface area (Å²) < 4.78 is 31.8. The van der Waals surface area contributed by atoms with Gasteiger partial charge in [-0.2, -0.15) is 4.72 Å². The van der Waals surface area contributed by atoms with Crippen LogP contribution in [0.3, 0.4) is 0 Å². The summed E-state index contributed by atoms with van der Waals surface area (Å²) >= 11 is 0.